The lowest BCUT2D eigenvalue weighted by molar-refractivity contribution is 0.373. The Morgan fingerprint density at radius 2 is 2.39 bits per heavy atom. The Bertz CT molecular complexity index is 478. The number of rotatable bonds is 6. The highest BCUT2D eigenvalue weighted by Gasteiger charge is 2.16. The second-order valence-electron chi connectivity index (χ2n) is 4.18. The normalized spacial score (nSPS) is 12.6. The first-order valence-electron chi connectivity index (χ1n) is 6.07. The van der Waals surface area contributed by atoms with E-state index in [2.05, 4.69) is 34.2 Å². The molecule has 1 atom stereocenters. The van der Waals surface area contributed by atoms with E-state index in [4.69, 9.17) is 4.74 Å². The predicted octanol–water partition coefficient (Wildman–Crippen LogP) is 2.38. The molecule has 2 aromatic rings. The van der Waals surface area contributed by atoms with Gasteiger partial charge in [0, 0.05) is 13.1 Å². The lowest BCUT2D eigenvalue weighted by Crippen LogP contribution is -2.23. The number of methoxy groups -OCH3 is 1. The van der Waals surface area contributed by atoms with Crippen LogP contribution in [0.25, 0.3) is 0 Å². The molecule has 0 saturated carbocycles. The van der Waals surface area contributed by atoms with Gasteiger partial charge in [0.05, 0.1) is 18.8 Å². The summed E-state index contributed by atoms with van der Waals surface area (Å²) in [6.45, 7) is 3.04. The molecule has 0 saturated heterocycles. The zero-order valence-corrected chi connectivity index (χ0v) is 11.8. The summed E-state index contributed by atoms with van der Waals surface area (Å²) in [6, 6.07) is 4.40. The number of aromatic nitrogens is 2. The minimum absolute atomic E-state index is 0.236. The molecule has 0 spiro atoms. The Morgan fingerprint density at radius 1 is 1.56 bits per heavy atom. The van der Waals surface area contributed by atoms with Crippen molar-refractivity contribution in [1.82, 2.24) is 15.1 Å². The maximum Gasteiger partial charge on any atom is 0.211 e. The van der Waals surface area contributed by atoms with E-state index >= 15 is 0 Å². The largest absolute Gasteiger partial charge is 0.481 e. The molecule has 4 nitrogen and oxygen atoms in total. The molecule has 0 aliphatic heterocycles. The van der Waals surface area contributed by atoms with Crippen molar-refractivity contribution in [3.05, 3.63) is 34.2 Å². The quantitative estimate of drug-likeness (QED) is 0.871. The first-order valence-corrected chi connectivity index (χ1v) is 7.01. The number of aryl methyl sites for hydroxylation is 1. The molecule has 0 bridgehead atoms. The highest BCUT2D eigenvalue weighted by molar-refractivity contribution is 7.07. The van der Waals surface area contributed by atoms with Crippen molar-refractivity contribution in [3.8, 4) is 5.88 Å². The number of hydrogen-bond donors (Lipinski definition) is 1. The van der Waals surface area contributed by atoms with Crippen molar-refractivity contribution < 1.29 is 4.74 Å². The van der Waals surface area contributed by atoms with Crippen LogP contribution in [-0.4, -0.2) is 23.4 Å². The van der Waals surface area contributed by atoms with E-state index in [1.165, 1.54) is 5.56 Å². The average molecular weight is 265 g/mol. The Hall–Kier alpha value is -1.33. The number of hydrogen-bond acceptors (Lipinski definition) is 4. The molecule has 0 aromatic carbocycles. The molecule has 5 heteroatoms. The Morgan fingerprint density at radius 3 is 2.94 bits per heavy atom. The van der Waals surface area contributed by atoms with Gasteiger partial charge in [-0.05, 0) is 35.4 Å². The standard InChI is InChI=1S/C13H19N3OS/c1-4-14-11(7-10-5-6-18-9-10)12-8-13(17-3)16(2)15-12/h5-6,8-9,11,14H,4,7H2,1-3H3. The highest BCUT2D eigenvalue weighted by Crippen LogP contribution is 2.22. The maximum absolute atomic E-state index is 5.26. The smallest absolute Gasteiger partial charge is 0.211 e. The number of likely N-dealkylation sites (N-methyl/N-ethyl adjacent to an activating group) is 1. The molecule has 0 amide bonds. The van der Waals surface area contributed by atoms with Gasteiger partial charge in [0.1, 0.15) is 0 Å². The van der Waals surface area contributed by atoms with Crippen LogP contribution in [0, 0.1) is 0 Å². The van der Waals surface area contributed by atoms with E-state index in [9.17, 15) is 0 Å². The van der Waals surface area contributed by atoms with E-state index in [1.54, 1.807) is 23.1 Å². The molecule has 2 aromatic heterocycles. The topological polar surface area (TPSA) is 39.1 Å². The Labute approximate surface area is 112 Å². The van der Waals surface area contributed by atoms with Gasteiger partial charge in [0.25, 0.3) is 0 Å². The van der Waals surface area contributed by atoms with E-state index in [0.717, 1.165) is 24.5 Å². The van der Waals surface area contributed by atoms with E-state index in [0.29, 0.717) is 0 Å². The van der Waals surface area contributed by atoms with Crippen LogP contribution in [0.4, 0.5) is 0 Å². The van der Waals surface area contributed by atoms with Gasteiger partial charge in [0.15, 0.2) is 0 Å². The number of nitrogens with one attached hydrogen (secondary N) is 1. The summed E-state index contributed by atoms with van der Waals surface area (Å²) in [5.41, 5.74) is 2.37. The fourth-order valence-electron chi connectivity index (χ4n) is 2.00. The summed E-state index contributed by atoms with van der Waals surface area (Å²) >= 11 is 1.73. The van der Waals surface area contributed by atoms with Crippen LogP contribution < -0.4 is 10.1 Å². The molecule has 2 rings (SSSR count). The van der Waals surface area contributed by atoms with Crippen LogP contribution in [0.15, 0.2) is 22.9 Å². The summed E-state index contributed by atoms with van der Waals surface area (Å²) in [5, 5.41) is 12.3. The molecule has 1 unspecified atom stereocenters. The third-order valence-corrected chi connectivity index (χ3v) is 3.62. The van der Waals surface area contributed by atoms with Gasteiger partial charge in [-0.1, -0.05) is 6.92 Å². The SMILES string of the molecule is CCNC(Cc1ccsc1)c1cc(OC)n(C)n1. The second-order valence-corrected chi connectivity index (χ2v) is 4.96. The summed E-state index contributed by atoms with van der Waals surface area (Å²) in [7, 11) is 3.57. The summed E-state index contributed by atoms with van der Waals surface area (Å²) in [6.07, 6.45) is 0.956. The third-order valence-electron chi connectivity index (χ3n) is 2.89. The first-order chi connectivity index (χ1) is 8.74. The zero-order valence-electron chi connectivity index (χ0n) is 11.0. The number of thiophene rings is 1. The first kappa shape index (κ1) is 13.1. The molecule has 18 heavy (non-hydrogen) atoms. The second kappa shape index (κ2) is 6.02. The van der Waals surface area contributed by atoms with E-state index in [1.807, 2.05) is 13.1 Å². The van der Waals surface area contributed by atoms with Crippen LogP contribution in [0.3, 0.4) is 0 Å². The third kappa shape index (κ3) is 2.91. The van der Waals surface area contributed by atoms with Gasteiger partial charge in [-0.25, -0.2) is 4.68 Å². The monoisotopic (exact) mass is 265 g/mol. The summed E-state index contributed by atoms with van der Waals surface area (Å²) in [4.78, 5) is 0. The molecule has 98 valence electrons. The molecular weight excluding hydrogens is 246 g/mol. The van der Waals surface area contributed by atoms with Gasteiger partial charge in [-0.15, -0.1) is 0 Å². The fourth-order valence-corrected chi connectivity index (χ4v) is 2.69. The number of ether oxygens (including phenoxy) is 1. The highest BCUT2D eigenvalue weighted by atomic mass is 32.1. The zero-order chi connectivity index (χ0) is 13.0. The van der Waals surface area contributed by atoms with Gasteiger partial charge >= 0.3 is 0 Å². The molecule has 0 aliphatic carbocycles. The van der Waals surface area contributed by atoms with Gasteiger partial charge in [0.2, 0.25) is 5.88 Å². The lowest BCUT2D eigenvalue weighted by Gasteiger charge is -2.14. The molecule has 2 heterocycles. The molecule has 0 radical (unpaired) electrons. The minimum Gasteiger partial charge on any atom is -0.481 e. The molecule has 1 N–H and O–H groups in total. The summed E-state index contributed by atoms with van der Waals surface area (Å²) in [5.74, 6) is 0.790. The molecular formula is C13H19N3OS. The van der Waals surface area contributed by atoms with Crippen molar-refractivity contribution in [2.45, 2.75) is 19.4 Å². The average Bonchev–Trinajstić information content (AvgIpc) is 2.98. The maximum atomic E-state index is 5.26. The van der Waals surface area contributed by atoms with Crippen molar-refractivity contribution in [2.75, 3.05) is 13.7 Å². The summed E-state index contributed by atoms with van der Waals surface area (Å²) < 4.78 is 7.04. The Kier molecular flexibility index (Phi) is 4.38. The van der Waals surface area contributed by atoms with Gasteiger partial charge < -0.3 is 10.1 Å². The van der Waals surface area contributed by atoms with Crippen molar-refractivity contribution in [2.24, 2.45) is 7.05 Å². The van der Waals surface area contributed by atoms with Crippen molar-refractivity contribution in [1.29, 1.82) is 0 Å². The lowest BCUT2D eigenvalue weighted by atomic mass is 10.1. The molecule has 0 aliphatic rings. The Balaban J connectivity index is 2.17. The van der Waals surface area contributed by atoms with Crippen LogP contribution in [0.1, 0.15) is 24.2 Å². The van der Waals surface area contributed by atoms with E-state index < -0.39 is 0 Å². The van der Waals surface area contributed by atoms with Gasteiger partial charge in [-0.3, -0.25) is 0 Å². The van der Waals surface area contributed by atoms with Crippen LogP contribution in [0.5, 0.6) is 5.88 Å². The van der Waals surface area contributed by atoms with Crippen LogP contribution in [-0.2, 0) is 13.5 Å². The van der Waals surface area contributed by atoms with Crippen molar-refractivity contribution >= 4 is 11.3 Å². The van der Waals surface area contributed by atoms with Gasteiger partial charge in [-0.2, -0.15) is 16.4 Å². The fraction of sp³-hybridized carbons (Fsp3) is 0.462. The molecule has 0 fully saturated rings. The minimum atomic E-state index is 0.236. The number of nitrogens with zero attached hydrogens (tertiary/aromatic N) is 2. The van der Waals surface area contributed by atoms with Crippen LogP contribution in [0.2, 0.25) is 0 Å². The van der Waals surface area contributed by atoms with E-state index in [-0.39, 0.29) is 6.04 Å². The van der Waals surface area contributed by atoms with Crippen molar-refractivity contribution in [3.63, 3.8) is 0 Å². The predicted molar refractivity (Wildman–Crippen MR) is 74.2 cm³/mol. The van der Waals surface area contributed by atoms with Crippen LogP contribution >= 0.6 is 11.3 Å².